The number of para-hydroxylation sites is 1. The number of aliphatic hydroxyl groups excluding tert-OH is 1. The van der Waals surface area contributed by atoms with Crippen LogP contribution in [0.3, 0.4) is 0 Å². The van der Waals surface area contributed by atoms with Gasteiger partial charge in [0.05, 0.1) is 17.5 Å². The number of rotatable bonds is 10. The number of methoxy groups -OCH3 is 2. The van der Waals surface area contributed by atoms with Gasteiger partial charge >= 0.3 is 0 Å². The van der Waals surface area contributed by atoms with Crippen molar-refractivity contribution in [3.05, 3.63) is 106 Å². The molecule has 0 saturated carbocycles. The van der Waals surface area contributed by atoms with Crippen molar-refractivity contribution < 1.29 is 19.0 Å². The molecule has 0 aliphatic carbocycles. The minimum absolute atomic E-state index is 0.0502. The number of ether oxygens (including phenoxy) is 2. The van der Waals surface area contributed by atoms with Crippen LogP contribution >= 0.6 is 0 Å². The monoisotopic (exact) mass is 686 g/mol. The van der Waals surface area contributed by atoms with Gasteiger partial charge in [-0.15, -0.1) is 0 Å². The van der Waals surface area contributed by atoms with Crippen LogP contribution in [-0.4, -0.2) is 56.0 Å². The van der Waals surface area contributed by atoms with Crippen molar-refractivity contribution in [2.24, 2.45) is 5.92 Å². The lowest BCUT2D eigenvalue weighted by Crippen LogP contribution is -2.28. The molecule has 0 radical (unpaired) electrons. The quantitative estimate of drug-likeness (QED) is 0.207. The molecule has 7 nitrogen and oxygen atoms in total. The fraction of sp³-hybridized carbons (Fsp3) is 0.512. The SMILES string of the molecule is C=C(/C(=C(\C)NCC(CC)OC)c1ccc(=O)n(-c2ccccc2C)n1)c1ccc(F)cc1.CC(C)C.CCC.CCCC.CO.COC. The highest BCUT2D eigenvalue weighted by atomic mass is 19.1. The maximum atomic E-state index is 13.5. The lowest BCUT2D eigenvalue weighted by atomic mass is 9.95. The summed E-state index contributed by atoms with van der Waals surface area (Å²) in [5, 5.41) is 15.1. The maximum Gasteiger partial charge on any atom is 0.271 e. The number of aromatic nitrogens is 2. The third-order valence-corrected chi connectivity index (χ3v) is 6.15. The van der Waals surface area contributed by atoms with Gasteiger partial charge in [-0.05, 0) is 67.2 Å². The fourth-order valence-corrected chi connectivity index (χ4v) is 3.64. The molecule has 1 aromatic heterocycles. The van der Waals surface area contributed by atoms with Gasteiger partial charge in [0.1, 0.15) is 5.82 Å². The maximum absolute atomic E-state index is 13.5. The Balaban J connectivity index is -0.00000112. The highest BCUT2D eigenvalue weighted by Gasteiger charge is 2.17. The van der Waals surface area contributed by atoms with Gasteiger partial charge in [0.15, 0.2) is 0 Å². The summed E-state index contributed by atoms with van der Waals surface area (Å²) in [5.41, 5.74) is 5.03. The third kappa shape index (κ3) is 21.9. The van der Waals surface area contributed by atoms with E-state index in [9.17, 15) is 9.18 Å². The summed E-state index contributed by atoms with van der Waals surface area (Å²) in [6.07, 6.45) is 4.80. The molecular weight excluding hydrogens is 617 g/mol. The second-order valence-electron chi connectivity index (χ2n) is 11.7. The number of halogens is 1. The predicted molar refractivity (Wildman–Crippen MR) is 210 cm³/mol. The van der Waals surface area contributed by atoms with Gasteiger partial charge in [0.25, 0.3) is 5.56 Å². The zero-order valence-corrected chi connectivity index (χ0v) is 33.1. The number of aliphatic hydroxyl groups is 1. The predicted octanol–water partition coefficient (Wildman–Crippen LogP) is 9.90. The highest BCUT2D eigenvalue weighted by Crippen LogP contribution is 2.31. The lowest BCUT2D eigenvalue weighted by Gasteiger charge is -2.20. The lowest BCUT2D eigenvalue weighted by molar-refractivity contribution is 0.101. The van der Waals surface area contributed by atoms with Gasteiger partial charge in [-0.2, -0.15) is 9.78 Å². The average molecular weight is 686 g/mol. The molecule has 8 heteroatoms. The van der Waals surface area contributed by atoms with Gasteiger partial charge in [0.2, 0.25) is 0 Å². The van der Waals surface area contributed by atoms with Crippen LogP contribution in [0.5, 0.6) is 0 Å². The molecule has 2 N–H and O–H groups in total. The van der Waals surface area contributed by atoms with Gasteiger partial charge in [-0.3, -0.25) is 4.79 Å². The Labute approximate surface area is 298 Å². The number of aryl methyl sites for hydroxylation is 1. The van der Waals surface area contributed by atoms with Crippen molar-refractivity contribution in [3.63, 3.8) is 0 Å². The summed E-state index contributed by atoms with van der Waals surface area (Å²) < 4.78 is 24.7. The number of nitrogens with one attached hydrogen (secondary N) is 1. The number of allylic oxidation sites excluding steroid dienone is 3. The van der Waals surface area contributed by atoms with Gasteiger partial charge in [-0.1, -0.05) is 112 Å². The zero-order chi connectivity index (χ0) is 38.4. The summed E-state index contributed by atoms with van der Waals surface area (Å²) in [7, 11) is 5.94. The fourth-order valence-electron chi connectivity index (χ4n) is 3.64. The van der Waals surface area contributed by atoms with Crippen LogP contribution in [0.1, 0.15) is 105 Å². The first-order valence-electron chi connectivity index (χ1n) is 17.3. The molecule has 2 aromatic carbocycles. The van der Waals surface area contributed by atoms with Crippen LogP contribution in [0.2, 0.25) is 0 Å². The molecule has 0 aliphatic heterocycles. The van der Waals surface area contributed by atoms with Gasteiger partial charge in [0, 0.05) is 52.3 Å². The summed E-state index contributed by atoms with van der Waals surface area (Å²) >= 11 is 0. The Morgan fingerprint density at radius 2 is 1.41 bits per heavy atom. The molecule has 0 amide bonds. The van der Waals surface area contributed by atoms with Gasteiger partial charge in [-0.25, -0.2) is 4.39 Å². The van der Waals surface area contributed by atoms with Crippen molar-refractivity contribution >= 4 is 11.1 Å². The Kier molecular flexibility index (Phi) is 32.2. The molecule has 0 bridgehead atoms. The Hall–Kier alpha value is -3.59. The molecule has 1 unspecified atom stereocenters. The molecule has 1 atom stereocenters. The minimum Gasteiger partial charge on any atom is -0.400 e. The molecule has 1 heterocycles. The van der Waals surface area contributed by atoms with Crippen molar-refractivity contribution in [2.45, 2.75) is 101 Å². The van der Waals surface area contributed by atoms with E-state index >= 15 is 0 Å². The molecule has 49 heavy (non-hydrogen) atoms. The van der Waals surface area contributed by atoms with Crippen molar-refractivity contribution in [1.82, 2.24) is 15.1 Å². The van der Waals surface area contributed by atoms with E-state index in [2.05, 4.69) is 72.0 Å². The second-order valence-corrected chi connectivity index (χ2v) is 11.7. The zero-order valence-electron chi connectivity index (χ0n) is 33.1. The number of hydrogen-bond acceptors (Lipinski definition) is 6. The first-order chi connectivity index (χ1) is 23.3. The van der Waals surface area contributed by atoms with Crippen LogP contribution in [0.4, 0.5) is 4.39 Å². The summed E-state index contributed by atoms with van der Waals surface area (Å²) in [6.45, 7) is 25.9. The van der Waals surface area contributed by atoms with E-state index in [0.717, 1.165) is 41.8 Å². The molecule has 0 saturated heterocycles. The first-order valence-corrected chi connectivity index (χ1v) is 17.3. The van der Waals surface area contributed by atoms with E-state index in [1.807, 2.05) is 38.1 Å². The van der Waals surface area contributed by atoms with Crippen LogP contribution < -0.4 is 10.9 Å². The molecule has 0 aliphatic rings. The van der Waals surface area contributed by atoms with E-state index in [1.165, 1.54) is 42.1 Å². The summed E-state index contributed by atoms with van der Waals surface area (Å²) in [6, 6.07) is 17.0. The summed E-state index contributed by atoms with van der Waals surface area (Å²) in [5.74, 6) is 0.518. The Morgan fingerprint density at radius 3 is 1.84 bits per heavy atom. The first kappa shape index (κ1) is 49.8. The summed E-state index contributed by atoms with van der Waals surface area (Å²) in [4.78, 5) is 12.7. The third-order valence-electron chi connectivity index (χ3n) is 6.15. The largest absolute Gasteiger partial charge is 0.400 e. The van der Waals surface area contributed by atoms with Crippen molar-refractivity contribution in [3.8, 4) is 5.69 Å². The molecule has 3 aromatic rings. The molecule has 0 spiro atoms. The van der Waals surface area contributed by atoms with Crippen molar-refractivity contribution in [1.29, 1.82) is 0 Å². The molecule has 3 rings (SSSR count). The van der Waals surface area contributed by atoms with Gasteiger partial charge < -0.3 is 19.9 Å². The standard InChI is InChI=1S/C27H30FN3O2.2C4H10.C3H8.C2H6O.CH4O/c1-6-23(33-5)17-29-20(4)27(19(3)21-11-13-22(28)14-12-21)24-15-16-26(32)31(30-24)25-10-8-7-9-18(25)2;1-4(2)3;1-3-4-2;2*1-3-2;1-2/h7-16,23,29H,3,6,17H2,1-2,4-5H3;4H,1-3H3;3-4H2,1-2H3;3H2,1-2H3;1-2H3;2H,1H3/b27-20-;;;;;. The second kappa shape index (κ2) is 31.7. The molecular formula is C41H68FN3O4. The van der Waals surface area contributed by atoms with E-state index in [1.54, 1.807) is 39.5 Å². The topological polar surface area (TPSA) is 85.6 Å². The number of nitrogens with zero attached hydrogens (tertiary/aromatic N) is 2. The Morgan fingerprint density at radius 1 is 0.918 bits per heavy atom. The molecule has 0 fully saturated rings. The number of unbranched alkanes of at least 4 members (excludes halogenated alkanes) is 1. The van der Waals surface area contributed by atoms with E-state index in [-0.39, 0.29) is 17.5 Å². The number of benzene rings is 2. The van der Waals surface area contributed by atoms with Crippen LogP contribution in [0.15, 0.2) is 77.7 Å². The Bertz CT molecular complexity index is 1320. The van der Waals surface area contributed by atoms with E-state index in [4.69, 9.17) is 14.9 Å². The van der Waals surface area contributed by atoms with Crippen LogP contribution in [0.25, 0.3) is 16.8 Å². The van der Waals surface area contributed by atoms with Crippen molar-refractivity contribution in [2.75, 3.05) is 35.0 Å². The number of hydrogen-bond donors (Lipinski definition) is 2. The normalized spacial score (nSPS) is 10.8. The molecule has 278 valence electrons. The minimum atomic E-state index is -0.316. The smallest absolute Gasteiger partial charge is 0.271 e. The van der Waals surface area contributed by atoms with E-state index in [0.29, 0.717) is 23.5 Å². The average Bonchev–Trinajstić information content (AvgIpc) is 3.08. The highest BCUT2D eigenvalue weighted by molar-refractivity contribution is 6.04. The van der Waals surface area contributed by atoms with Crippen LogP contribution in [0, 0.1) is 18.7 Å². The van der Waals surface area contributed by atoms with E-state index < -0.39 is 0 Å². The van der Waals surface area contributed by atoms with Crippen LogP contribution in [-0.2, 0) is 9.47 Å².